The number of ether oxygens (including phenoxy) is 1. The van der Waals surface area contributed by atoms with Gasteiger partial charge in [0.2, 0.25) is 0 Å². The summed E-state index contributed by atoms with van der Waals surface area (Å²) in [5.74, 6) is 0.318. The largest absolute Gasteiger partial charge is 0.465 e. The van der Waals surface area contributed by atoms with E-state index in [0.717, 1.165) is 31.5 Å². The second-order valence-electron chi connectivity index (χ2n) is 5.76. The predicted molar refractivity (Wildman–Crippen MR) is 112 cm³/mol. The van der Waals surface area contributed by atoms with Crippen molar-refractivity contribution in [1.29, 1.82) is 0 Å². The molecule has 134 valence electrons. The molecule has 0 saturated carbocycles. The van der Waals surface area contributed by atoms with Crippen LogP contribution in [0.25, 0.3) is 21.3 Å². The highest BCUT2D eigenvalue weighted by atomic mass is 79.9. The van der Waals surface area contributed by atoms with Crippen LogP contribution in [0, 0.1) is 0 Å². The van der Waals surface area contributed by atoms with Gasteiger partial charge in [0, 0.05) is 21.1 Å². The van der Waals surface area contributed by atoms with Crippen molar-refractivity contribution in [3.8, 4) is 11.1 Å². The molecule has 5 nitrogen and oxygen atoms in total. The summed E-state index contributed by atoms with van der Waals surface area (Å²) in [6, 6.07) is 15.3. The Morgan fingerprint density at radius 1 is 1.15 bits per heavy atom. The number of carbonyl (C=O) groups excluding carboxylic acids is 1. The van der Waals surface area contributed by atoms with Crippen molar-refractivity contribution in [3.63, 3.8) is 0 Å². The van der Waals surface area contributed by atoms with E-state index in [1.165, 1.54) is 13.4 Å². The van der Waals surface area contributed by atoms with Crippen LogP contribution in [0.15, 0.2) is 64.7 Å². The normalized spacial score (nSPS) is 10.7. The van der Waals surface area contributed by atoms with Gasteiger partial charge in [0.25, 0.3) is 0 Å². The van der Waals surface area contributed by atoms with E-state index in [0.29, 0.717) is 11.4 Å². The zero-order chi connectivity index (χ0) is 18.8. The van der Waals surface area contributed by atoms with E-state index in [1.807, 2.05) is 18.2 Å². The van der Waals surface area contributed by atoms with E-state index in [2.05, 4.69) is 48.7 Å². The molecule has 0 unspecified atom stereocenters. The predicted octanol–water partition coefficient (Wildman–Crippen LogP) is 5.65. The molecule has 0 saturated heterocycles. The Morgan fingerprint density at radius 2 is 1.96 bits per heavy atom. The van der Waals surface area contributed by atoms with Crippen molar-refractivity contribution in [2.24, 2.45) is 0 Å². The lowest BCUT2D eigenvalue weighted by Crippen LogP contribution is -2.02. The molecule has 0 spiro atoms. The van der Waals surface area contributed by atoms with E-state index >= 15 is 0 Å². The fraction of sp³-hybridized carbons (Fsp3) is 0.0500. The molecular weight excluding hydrogens is 426 g/mol. The highest BCUT2D eigenvalue weighted by Crippen LogP contribution is 2.37. The molecule has 2 aromatic heterocycles. The average Bonchev–Trinajstić information content (AvgIpc) is 3.13. The number of anilines is 2. The van der Waals surface area contributed by atoms with Crippen LogP contribution in [-0.2, 0) is 4.74 Å². The molecule has 2 heterocycles. The van der Waals surface area contributed by atoms with Crippen LogP contribution in [0.3, 0.4) is 0 Å². The van der Waals surface area contributed by atoms with Crippen molar-refractivity contribution < 1.29 is 9.53 Å². The molecule has 27 heavy (non-hydrogen) atoms. The maximum atomic E-state index is 11.8. The van der Waals surface area contributed by atoms with E-state index in [1.54, 1.807) is 29.5 Å². The van der Waals surface area contributed by atoms with Gasteiger partial charge in [0.1, 0.15) is 17.0 Å². The second kappa shape index (κ2) is 7.46. The minimum absolute atomic E-state index is 0.377. The van der Waals surface area contributed by atoms with Gasteiger partial charge in [-0.25, -0.2) is 14.8 Å². The van der Waals surface area contributed by atoms with Crippen LogP contribution in [0.5, 0.6) is 0 Å². The number of nitrogens with one attached hydrogen (secondary N) is 1. The summed E-state index contributed by atoms with van der Waals surface area (Å²) in [5.41, 5.74) is 3.39. The summed E-state index contributed by atoms with van der Waals surface area (Å²) in [6.07, 6.45) is 1.54. The van der Waals surface area contributed by atoms with Gasteiger partial charge in [-0.05, 0) is 35.9 Å². The third-order valence-electron chi connectivity index (χ3n) is 4.07. The molecular formula is C20H14BrN3O2S. The third kappa shape index (κ3) is 3.56. The van der Waals surface area contributed by atoms with Gasteiger partial charge < -0.3 is 10.1 Å². The molecule has 0 atom stereocenters. The number of aromatic nitrogens is 2. The highest BCUT2D eigenvalue weighted by molar-refractivity contribution is 9.10. The molecule has 4 aromatic rings. The molecule has 2 aromatic carbocycles. The Kier molecular flexibility index (Phi) is 4.87. The van der Waals surface area contributed by atoms with Crippen molar-refractivity contribution in [2.45, 2.75) is 0 Å². The quantitative estimate of drug-likeness (QED) is 0.416. The van der Waals surface area contributed by atoms with Gasteiger partial charge >= 0.3 is 5.97 Å². The minimum atomic E-state index is -0.377. The summed E-state index contributed by atoms with van der Waals surface area (Å²) < 4.78 is 5.82. The van der Waals surface area contributed by atoms with Gasteiger partial charge in [-0.2, -0.15) is 0 Å². The Balaban J connectivity index is 1.77. The van der Waals surface area contributed by atoms with Crippen molar-refractivity contribution in [3.05, 3.63) is 70.3 Å². The number of fused-ring (bicyclic) bond motifs is 1. The summed E-state index contributed by atoms with van der Waals surface area (Å²) in [6.45, 7) is 0. The van der Waals surface area contributed by atoms with E-state index < -0.39 is 0 Å². The van der Waals surface area contributed by atoms with E-state index in [-0.39, 0.29) is 5.97 Å². The van der Waals surface area contributed by atoms with Gasteiger partial charge in [-0.1, -0.05) is 34.1 Å². The highest BCUT2D eigenvalue weighted by Gasteiger charge is 2.14. The van der Waals surface area contributed by atoms with Crippen LogP contribution in [0.1, 0.15) is 10.4 Å². The number of carbonyl (C=O) groups is 1. The molecule has 0 aliphatic heterocycles. The number of hydrogen-bond donors (Lipinski definition) is 1. The SMILES string of the molecule is COC(=O)c1cccc(Nc2ncnc3scc(-c4ccc(Br)cc4)c23)c1. The van der Waals surface area contributed by atoms with Crippen LogP contribution >= 0.6 is 27.3 Å². The first-order chi connectivity index (χ1) is 13.2. The third-order valence-corrected chi connectivity index (χ3v) is 5.49. The van der Waals surface area contributed by atoms with Crippen molar-refractivity contribution >= 4 is 55.0 Å². The lowest BCUT2D eigenvalue weighted by molar-refractivity contribution is 0.0601. The molecule has 0 fully saturated rings. The van der Waals surface area contributed by atoms with Crippen LogP contribution < -0.4 is 5.32 Å². The Labute approximate surface area is 168 Å². The maximum Gasteiger partial charge on any atom is 0.337 e. The maximum absolute atomic E-state index is 11.8. The molecule has 7 heteroatoms. The first kappa shape index (κ1) is 17.6. The lowest BCUT2D eigenvalue weighted by atomic mass is 10.1. The first-order valence-electron chi connectivity index (χ1n) is 8.09. The van der Waals surface area contributed by atoms with E-state index in [9.17, 15) is 4.79 Å². The number of methoxy groups -OCH3 is 1. The summed E-state index contributed by atoms with van der Waals surface area (Å²) in [4.78, 5) is 21.5. The zero-order valence-corrected chi connectivity index (χ0v) is 16.7. The number of hydrogen-bond acceptors (Lipinski definition) is 6. The monoisotopic (exact) mass is 439 g/mol. The fourth-order valence-corrected chi connectivity index (χ4v) is 3.97. The lowest BCUT2D eigenvalue weighted by Gasteiger charge is -2.09. The van der Waals surface area contributed by atoms with Gasteiger partial charge in [-0.15, -0.1) is 11.3 Å². The minimum Gasteiger partial charge on any atom is -0.465 e. The second-order valence-corrected chi connectivity index (χ2v) is 7.53. The summed E-state index contributed by atoms with van der Waals surface area (Å²) in [7, 11) is 1.37. The molecule has 0 amide bonds. The summed E-state index contributed by atoms with van der Waals surface area (Å²) >= 11 is 5.04. The number of nitrogens with zero attached hydrogens (tertiary/aromatic N) is 2. The number of benzene rings is 2. The Morgan fingerprint density at radius 3 is 2.74 bits per heavy atom. The summed E-state index contributed by atoms with van der Waals surface area (Å²) in [5, 5.41) is 6.35. The van der Waals surface area contributed by atoms with Crippen molar-refractivity contribution in [1.82, 2.24) is 9.97 Å². The van der Waals surface area contributed by atoms with Gasteiger partial charge in [0.05, 0.1) is 18.1 Å². The fourth-order valence-electron chi connectivity index (χ4n) is 2.79. The topological polar surface area (TPSA) is 64.1 Å². The number of halogens is 1. The van der Waals surface area contributed by atoms with Gasteiger partial charge in [-0.3, -0.25) is 0 Å². The van der Waals surface area contributed by atoms with Crippen LogP contribution in [0.2, 0.25) is 0 Å². The Hall–Kier alpha value is -2.77. The smallest absolute Gasteiger partial charge is 0.337 e. The number of rotatable bonds is 4. The number of esters is 1. The van der Waals surface area contributed by atoms with Gasteiger partial charge in [0.15, 0.2) is 0 Å². The molecule has 0 bridgehead atoms. The Bertz CT molecular complexity index is 1130. The van der Waals surface area contributed by atoms with Crippen molar-refractivity contribution in [2.75, 3.05) is 12.4 Å². The molecule has 1 N–H and O–H groups in total. The molecule has 4 rings (SSSR count). The standard InChI is InChI=1S/C20H14BrN3O2S/c1-26-20(25)13-3-2-4-15(9-13)24-18-17-16(10-27-19(17)23-11-22-18)12-5-7-14(21)8-6-12/h2-11H,1H3,(H,22,23,24). The average molecular weight is 440 g/mol. The number of thiophene rings is 1. The van der Waals surface area contributed by atoms with Crippen LogP contribution in [-0.4, -0.2) is 23.0 Å². The van der Waals surface area contributed by atoms with Crippen LogP contribution in [0.4, 0.5) is 11.5 Å². The van der Waals surface area contributed by atoms with E-state index in [4.69, 9.17) is 4.74 Å². The molecule has 0 radical (unpaired) electrons. The molecule has 0 aliphatic carbocycles. The zero-order valence-electron chi connectivity index (χ0n) is 14.3. The first-order valence-corrected chi connectivity index (χ1v) is 9.76. The molecule has 0 aliphatic rings.